The molecule has 1 amide bonds. The topological polar surface area (TPSA) is 29.1 Å². The summed E-state index contributed by atoms with van der Waals surface area (Å²) in [4.78, 5) is 13.0. The van der Waals surface area contributed by atoms with Gasteiger partial charge in [-0.2, -0.15) is 0 Å². The van der Waals surface area contributed by atoms with E-state index in [1.54, 1.807) is 0 Å². The molecule has 0 saturated carbocycles. The Morgan fingerprint density at radius 2 is 1.18 bits per heavy atom. The molecule has 0 atom stereocenters. The van der Waals surface area contributed by atoms with Crippen LogP contribution in [0, 0.1) is 0 Å². The van der Waals surface area contributed by atoms with Gasteiger partial charge in [0.05, 0.1) is 0 Å². The van der Waals surface area contributed by atoms with Crippen molar-refractivity contribution in [2.75, 3.05) is 5.32 Å². The maximum absolute atomic E-state index is 13.0. The normalized spacial score (nSPS) is 12.8. The van der Waals surface area contributed by atoms with Crippen molar-refractivity contribution in [1.82, 2.24) is 0 Å². The minimum Gasteiger partial charge on any atom is -0.321 e. The molecule has 1 N–H and O–H groups in total. The van der Waals surface area contributed by atoms with Crippen LogP contribution in [0.15, 0.2) is 40.9 Å². The van der Waals surface area contributed by atoms with E-state index in [0.717, 1.165) is 10.2 Å². The molecule has 0 aliphatic heterocycles. The Hall–Kier alpha value is -1.61. The average molecular weight is 444 g/mol. The summed E-state index contributed by atoms with van der Waals surface area (Å²) in [5.74, 6) is -0.0768. The van der Waals surface area contributed by atoms with Gasteiger partial charge in [0.15, 0.2) is 0 Å². The van der Waals surface area contributed by atoms with E-state index in [4.69, 9.17) is 0 Å². The van der Waals surface area contributed by atoms with E-state index in [0.29, 0.717) is 5.56 Å². The van der Waals surface area contributed by atoms with Gasteiger partial charge >= 0.3 is 0 Å². The van der Waals surface area contributed by atoms with Crippen molar-refractivity contribution in [1.29, 1.82) is 0 Å². The van der Waals surface area contributed by atoms with Crippen LogP contribution in [0.2, 0.25) is 0 Å². The molecular weight excluding hydrogens is 410 g/mol. The fourth-order valence-corrected chi connectivity index (χ4v) is 3.44. The molecule has 0 aliphatic rings. The van der Waals surface area contributed by atoms with Crippen LogP contribution in [0.25, 0.3) is 0 Å². The number of hydrogen-bond acceptors (Lipinski definition) is 1. The van der Waals surface area contributed by atoms with Gasteiger partial charge in [0.25, 0.3) is 5.91 Å². The first-order valence-corrected chi connectivity index (χ1v) is 10.7. The highest BCUT2D eigenvalue weighted by molar-refractivity contribution is 9.10. The van der Waals surface area contributed by atoms with Crippen LogP contribution in [0.3, 0.4) is 0 Å². The maximum atomic E-state index is 13.0. The van der Waals surface area contributed by atoms with Gasteiger partial charge in [0.1, 0.15) is 0 Å². The summed E-state index contributed by atoms with van der Waals surface area (Å²) in [5.41, 5.74) is 5.10. The SMILES string of the molecule is CC(C)(C)c1cc(C(C)(C)C)c(NC(=O)c2ccc(Br)cc2)c(C(C)(C)C)c1. The molecule has 0 radical (unpaired) electrons. The van der Waals surface area contributed by atoms with E-state index in [1.165, 1.54) is 16.7 Å². The summed E-state index contributed by atoms with van der Waals surface area (Å²) in [6, 6.07) is 12.0. The van der Waals surface area contributed by atoms with Gasteiger partial charge in [-0.3, -0.25) is 4.79 Å². The molecule has 28 heavy (non-hydrogen) atoms. The van der Waals surface area contributed by atoms with Gasteiger partial charge in [0, 0.05) is 15.7 Å². The van der Waals surface area contributed by atoms with Crippen LogP contribution in [0.1, 0.15) is 89.4 Å². The number of hydrogen-bond donors (Lipinski definition) is 1. The van der Waals surface area contributed by atoms with Crippen LogP contribution in [-0.2, 0) is 16.2 Å². The fraction of sp³-hybridized carbons (Fsp3) is 0.480. The lowest BCUT2D eigenvalue weighted by molar-refractivity contribution is 0.102. The molecule has 2 aromatic rings. The molecule has 2 rings (SSSR count). The molecule has 3 heteroatoms. The first kappa shape index (κ1) is 22.7. The number of benzene rings is 2. The van der Waals surface area contributed by atoms with E-state index in [-0.39, 0.29) is 22.2 Å². The first-order valence-electron chi connectivity index (χ1n) is 9.87. The standard InChI is InChI=1S/C25H34BrNO/c1-23(2,3)17-14-19(24(4,5)6)21(20(15-17)25(7,8)9)27-22(28)16-10-12-18(26)13-11-16/h10-15H,1-9H3,(H,27,28). The zero-order chi connectivity index (χ0) is 21.5. The van der Waals surface area contributed by atoms with Crippen molar-refractivity contribution in [3.63, 3.8) is 0 Å². The van der Waals surface area contributed by atoms with Crippen LogP contribution in [-0.4, -0.2) is 5.91 Å². The Labute approximate surface area is 179 Å². The first-order chi connectivity index (χ1) is 12.6. The van der Waals surface area contributed by atoms with Gasteiger partial charge in [0.2, 0.25) is 0 Å². The minimum absolute atomic E-state index is 0.0360. The number of carbonyl (C=O) groups excluding carboxylic acids is 1. The molecule has 0 saturated heterocycles. The summed E-state index contributed by atoms with van der Waals surface area (Å²) >= 11 is 3.43. The molecule has 0 spiro atoms. The molecule has 0 aromatic heterocycles. The van der Waals surface area contributed by atoms with E-state index < -0.39 is 0 Å². The monoisotopic (exact) mass is 443 g/mol. The highest BCUT2D eigenvalue weighted by Crippen LogP contribution is 2.41. The summed E-state index contributed by atoms with van der Waals surface area (Å²) < 4.78 is 0.962. The molecule has 0 bridgehead atoms. The van der Waals surface area contributed by atoms with E-state index in [1.807, 2.05) is 24.3 Å². The largest absolute Gasteiger partial charge is 0.321 e. The summed E-state index contributed by atoms with van der Waals surface area (Å²) in [7, 11) is 0. The highest BCUT2D eigenvalue weighted by Gasteiger charge is 2.30. The minimum atomic E-state index is -0.0937. The van der Waals surface area contributed by atoms with Crippen LogP contribution >= 0.6 is 15.9 Å². The quantitative estimate of drug-likeness (QED) is 0.508. The average Bonchev–Trinajstić information content (AvgIpc) is 2.52. The zero-order valence-corrected chi connectivity index (χ0v) is 20.3. The van der Waals surface area contributed by atoms with Gasteiger partial charge in [-0.15, -0.1) is 0 Å². The second kappa shape index (κ2) is 7.67. The summed E-state index contributed by atoms with van der Waals surface area (Å²) in [6.07, 6.45) is 0. The van der Waals surface area contributed by atoms with Crippen LogP contribution < -0.4 is 5.32 Å². The van der Waals surface area contributed by atoms with Crippen molar-refractivity contribution in [2.24, 2.45) is 0 Å². The number of halogens is 1. The molecule has 0 aliphatic carbocycles. The second-order valence-corrected chi connectivity index (χ2v) is 11.6. The Kier molecular flexibility index (Phi) is 6.21. The van der Waals surface area contributed by atoms with Gasteiger partial charge < -0.3 is 5.32 Å². The molecule has 2 aromatic carbocycles. The Bertz CT molecular complexity index is 824. The summed E-state index contributed by atoms with van der Waals surface area (Å²) in [6.45, 7) is 19.9. The molecule has 0 fully saturated rings. The second-order valence-electron chi connectivity index (χ2n) is 10.7. The number of rotatable bonds is 2. The molecule has 2 nitrogen and oxygen atoms in total. The van der Waals surface area contributed by atoms with Crippen LogP contribution in [0.4, 0.5) is 5.69 Å². The summed E-state index contributed by atoms with van der Waals surface area (Å²) in [5, 5.41) is 3.25. The lowest BCUT2D eigenvalue weighted by Crippen LogP contribution is -2.26. The van der Waals surface area contributed by atoms with Crippen LogP contribution in [0.5, 0.6) is 0 Å². The van der Waals surface area contributed by atoms with E-state index in [9.17, 15) is 4.79 Å². The Morgan fingerprint density at radius 1 is 0.750 bits per heavy atom. The number of carbonyl (C=O) groups is 1. The Morgan fingerprint density at radius 3 is 1.54 bits per heavy atom. The number of anilines is 1. The third kappa shape index (κ3) is 5.26. The molecular formula is C25H34BrNO. The van der Waals surface area contributed by atoms with Crippen molar-refractivity contribution in [3.05, 3.63) is 63.1 Å². The van der Waals surface area contributed by atoms with Gasteiger partial charge in [-0.05, 0) is 57.2 Å². The van der Waals surface area contributed by atoms with Crippen molar-refractivity contribution < 1.29 is 4.79 Å². The van der Waals surface area contributed by atoms with E-state index in [2.05, 4.69) is 95.7 Å². The lowest BCUT2D eigenvalue weighted by Gasteiger charge is -2.33. The highest BCUT2D eigenvalue weighted by atomic mass is 79.9. The Balaban J connectivity index is 2.69. The maximum Gasteiger partial charge on any atom is 0.255 e. The van der Waals surface area contributed by atoms with E-state index >= 15 is 0 Å². The predicted octanol–water partition coefficient (Wildman–Crippen LogP) is 7.59. The molecule has 0 unspecified atom stereocenters. The smallest absolute Gasteiger partial charge is 0.255 e. The molecule has 0 heterocycles. The fourth-order valence-electron chi connectivity index (χ4n) is 3.18. The van der Waals surface area contributed by atoms with Gasteiger partial charge in [-0.1, -0.05) is 90.4 Å². The third-order valence-corrected chi connectivity index (χ3v) is 5.49. The van der Waals surface area contributed by atoms with Crippen molar-refractivity contribution in [2.45, 2.75) is 78.6 Å². The van der Waals surface area contributed by atoms with Crippen molar-refractivity contribution in [3.8, 4) is 0 Å². The number of nitrogens with one attached hydrogen (secondary N) is 1. The third-order valence-electron chi connectivity index (χ3n) is 4.97. The lowest BCUT2D eigenvalue weighted by atomic mass is 9.74. The predicted molar refractivity (Wildman–Crippen MR) is 125 cm³/mol. The van der Waals surface area contributed by atoms with Gasteiger partial charge in [-0.25, -0.2) is 0 Å². The zero-order valence-electron chi connectivity index (χ0n) is 18.8. The molecule has 152 valence electrons. The number of amides is 1. The van der Waals surface area contributed by atoms with Crippen molar-refractivity contribution >= 4 is 27.5 Å².